The van der Waals surface area contributed by atoms with Crippen LogP contribution in [0.25, 0.3) is 0 Å². The van der Waals surface area contributed by atoms with Gasteiger partial charge in [0.1, 0.15) is 11.5 Å². The number of fused-ring (bicyclic) bond motifs is 1. The molecule has 1 aliphatic carbocycles. The van der Waals surface area contributed by atoms with E-state index in [-0.39, 0.29) is 25.0 Å². The molecule has 5 nitrogen and oxygen atoms in total. The summed E-state index contributed by atoms with van der Waals surface area (Å²) in [7, 11) is 3.00. The molecule has 1 atom stereocenters. The Kier molecular flexibility index (Phi) is 3.45. The van der Waals surface area contributed by atoms with Crippen LogP contribution in [-0.4, -0.2) is 30.7 Å². The molecule has 1 aromatic rings. The second-order valence-electron chi connectivity index (χ2n) is 4.66. The number of rotatable bonds is 3. The Labute approximate surface area is 111 Å². The summed E-state index contributed by atoms with van der Waals surface area (Å²) in [4.78, 5) is 12.2. The largest absolute Gasteiger partial charge is 0.496 e. The molecular weight excluding hydrogens is 246 g/mol. The molecule has 0 aliphatic heterocycles. The number of nitriles is 1. The first-order valence-corrected chi connectivity index (χ1v) is 5.91. The van der Waals surface area contributed by atoms with Gasteiger partial charge in [-0.25, -0.2) is 0 Å². The van der Waals surface area contributed by atoms with Crippen molar-refractivity contribution in [1.29, 1.82) is 5.26 Å². The van der Waals surface area contributed by atoms with Gasteiger partial charge < -0.3 is 14.6 Å². The second-order valence-corrected chi connectivity index (χ2v) is 4.66. The lowest BCUT2D eigenvalue weighted by molar-refractivity contribution is 0.0292. The molecule has 0 heterocycles. The van der Waals surface area contributed by atoms with Gasteiger partial charge in [0.2, 0.25) is 0 Å². The molecule has 0 amide bonds. The number of ether oxygens (including phenoxy) is 2. The fraction of sp³-hybridized carbons (Fsp3) is 0.429. The van der Waals surface area contributed by atoms with E-state index in [1.165, 1.54) is 14.2 Å². The van der Waals surface area contributed by atoms with Gasteiger partial charge in [0, 0.05) is 18.4 Å². The summed E-state index contributed by atoms with van der Waals surface area (Å²) >= 11 is 0. The topological polar surface area (TPSA) is 79.5 Å². The quantitative estimate of drug-likeness (QED) is 0.891. The molecule has 1 aliphatic rings. The molecule has 0 saturated carbocycles. The summed E-state index contributed by atoms with van der Waals surface area (Å²) in [6.07, 6.45) is 0.0532. The molecule has 0 fully saturated rings. The third-order valence-electron chi connectivity index (χ3n) is 3.35. The molecule has 0 aromatic heterocycles. The lowest BCUT2D eigenvalue weighted by Crippen LogP contribution is -2.38. The zero-order chi connectivity index (χ0) is 14.0. The maximum absolute atomic E-state index is 12.2. The van der Waals surface area contributed by atoms with Gasteiger partial charge in [-0.2, -0.15) is 5.26 Å². The minimum atomic E-state index is -1.32. The van der Waals surface area contributed by atoms with Crippen molar-refractivity contribution in [2.45, 2.75) is 24.9 Å². The second kappa shape index (κ2) is 4.90. The maximum atomic E-state index is 12.2. The van der Waals surface area contributed by atoms with E-state index in [4.69, 9.17) is 14.7 Å². The molecule has 0 unspecified atom stereocenters. The summed E-state index contributed by atoms with van der Waals surface area (Å²) in [5.74, 6) is 0.773. The molecule has 0 saturated heterocycles. The summed E-state index contributed by atoms with van der Waals surface area (Å²) in [5, 5.41) is 19.1. The van der Waals surface area contributed by atoms with Gasteiger partial charge >= 0.3 is 0 Å². The Morgan fingerprint density at radius 1 is 1.32 bits per heavy atom. The fourth-order valence-corrected chi connectivity index (χ4v) is 2.50. The van der Waals surface area contributed by atoms with Crippen LogP contribution in [0.5, 0.6) is 11.5 Å². The molecule has 5 heteroatoms. The summed E-state index contributed by atoms with van der Waals surface area (Å²) < 4.78 is 10.4. The number of ketones is 1. The third-order valence-corrected chi connectivity index (χ3v) is 3.35. The fourth-order valence-electron chi connectivity index (χ4n) is 2.50. The molecular formula is C14H15NO4. The smallest absolute Gasteiger partial charge is 0.169 e. The first kappa shape index (κ1) is 13.4. The van der Waals surface area contributed by atoms with Crippen molar-refractivity contribution in [2.24, 2.45) is 0 Å². The van der Waals surface area contributed by atoms with Crippen LogP contribution in [0.3, 0.4) is 0 Å². The molecule has 19 heavy (non-hydrogen) atoms. The Morgan fingerprint density at radius 3 is 2.53 bits per heavy atom. The molecule has 0 radical (unpaired) electrons. The lowest BCUT2D eigenvalue weighted by atomic mass is 9.77. The normalized spacial score (nSPS) is 21.5. The van der Waals surface area contributed by atoms with Crippen LogP contribution in [0.1, 0.15) is 28.8 Å². The Morgan fingerprint density at radius 2 is 1.95 bits per heavy atom. The number of hydrogen-bond acceptors (Lipinski definition) is 5. The molecule has 1 N–H and O–H groups in total. The summed E-state index contributed by atoms with van der Waals surface area (Å²) in [6.45, 7) is 0. The summed E-state index contributed by atoms with van der Waals surface area (Å²) in [6, 6.07) is 5.29. The number of aliphatic hydroxyl groups is 1. The number of carbonyl (C=O) groups excluding carboxylic acids is 1. The molecule has 100 valence electrons. The monoisotopic (exact) mass is 261 g/mol. The highest BCUT2D eigenvalue weighted by molar-refractivity contribution is 6.02. The van der Waals surface area contributed by atoms with Crippen LogP contribution in [0.2, 0.25) is 0 Å². The maximum Gasteiger partial charge on any atom is 0.169 e. The highest BCUT2D eigenvalue weighted by Crippen LogP contribution is 2.40. The predicted octanol–water partition coefficient (Wildman–Crippen LogP) is 1.48. The average molecular weight is 261 g/mol. The van der Waals surface area contributed by atoms with E-state index in [9.17, 15) is 9.90 Å². The van der Waals surface area contributed by atoms with Crippen LogP contribution in [-0.2, 0) is 6.42 Å². The third kappa shape index (κ3) is 2.27. The lowest BCUT2D eigenvalue weighted by Gasteiger charge is -2.32. The average Bonchev–Trinajstić information content (AvgIpc) is 2.37. The first-order chi connectivity index (χ1) is 9.04. The van der Waals surface area contributed by atoms with Crippen LogP contribution in [0.15, 0.2) is 12.1 Å². The Bertz CT molecular complexity index is 561. The van der Waals surface area contributed by atoms with Crippen molar-refractivity contribution < 1.29 is 19.4 Å². The molecule has 0 spiro atoms. The van der Waals surface area contributed by atoms with E-state index in [0.717, 1.165) is 0 Å². The number of methoxy groups -OCH3 is 2. The highest BCUT2D eigenvalue weighted by Gasteiger charge is 2.39. The number of carbonyl (C=O) groups is 1. The van der Waals surface area contributed by atoms with Gasteiger partial charge in [-0.1, -0.05) is 0 Å². The van der Waals surface area contributed by atoms with Crippen LogP contribution in [0, 0.1) is 11.3 Å². The van der Waals surface area contributed by atoms with Gasteiger partial charge in [0.15, 0.2) is 5.78 Å². The van der Waals surface area contributed by atoms with Crippen LogP contribution < -0.4 is 9.47 Å². The molecule has 0 bridgehead atoms. The van der Waals surface area contributed by atoms with Crippen molar-refractivity contribution in [3.8, 4) is 17.6 Å². The molecule has 1 aromatic carbocycles. The van der Waals surface area contributed by atoms with Gasteiger partial charge in [-0.15, -0.1) is 0 Å². The van der Waals surface area contributed by atoms with Gasteiger partial charge in [0.25, 0.3) is 0 Å². The zero-order valence-corrected chi connectivity index (χ0v) is 10.9. The minimum Gasteiger partial charge on any atom is -0.496 e. The molecule has 2 rings (SSSR count). The number of hydrogen-bond donors (Lipinski definition) is 1. The standard InChI is InChI=1S/C14H15NO4/c1-18-11-3-4-12(19-2)13-9(11)7-14(17,5-6-15)8-10(13)16/h3-4,17H,5,7-8H2,1-2H3/t14-/m1/s1. The van der Waals surface area contributed by atoms with E-state index in [0.29, 0.717) is 22.6 Å². The van der Waals surface area contributed by atoms with Crippen molar-refractivity contribution in [2.75, 3.05) is 14.2 Å². The zero-order valence-electron chi connectivity index (χ0n) is 10.9. The van der Waals surface area contributed by atoms with Gasteiger partial charge in [-0.3, -0.25) is 4.79 Å². The van der Waals surface area contributed by atoms with E-state index < -0.39 is 5.60 Å². The first-order valence-electron chi connectivity index (χ1n) is 5.91. The number of nitrogens with zero attached hydrogens (tertiary/aromatic N) is 1. The highest BCUT2D eigenvalue weighted by atomic mass is 16.5. The van der Waals surface area contributed by atoms with Crippen molar-refractivity contribution in [3.63, 3.8) is 0 Å². The van der Waals surface area contributed by atoms with Crippen LogP contribution >= 0.6 is 0 Å². The SMILES string of the molecule is COc1ccc(OC)c2c1C[C@](O)(CC#N)CC2=O. The Balaban J connectivity index is 2.57. The van der Waals surface area contributed by atoms with Crippen molar-refractivity contribution in [3.05, 3.63) is 23.3 Å². The van der Waals surface area contributed by atoms with Crippen molar-refractivity contribution >= 4 is 5.78 Å². The van der Waals surface area contributed by atoms with E-state index in [1.807, 2.05) is 6.07 Å². The predicted molar refractivity (Wildman–Crippen MR) is 67.4 cm³/mol. The Hall–Kier alpha value is -2.06. The van der Waals surface area contributed by atoms with Gasteiger partial charge in [0.05, 0.1) is 37.9 Å². The van der Waals surface area contributed by atoms with E-state index >= 15 is 0 Å². The van der Waals surface area contributed by atoms with Gasteiger partial charge in [-0.05, 0) is 12.1 Å². The van der Waals surface area contributed by atoms with Crippen LogP contribution in [0.4, 0.5) is 0 Å². The van der Waals surface area contributed by atoms with E-state index in [1.54, 1.807) is 12.1 Å². The summed E-state index contributed by atoms with van der Waals surface area (Å²) in [5.41, 5.74) is -0.265. The number of Topliss-reactive ketones (excluding diaryl/α,β-unsaturated/α-hetero) is 1. The minimum absolute atomic E-state index is 0.0723. The number of benzene rings is 1. The van der Waals surface area contributed by atoms with E-state index in [2.05, 4.69) is 0 Å². The van der Waals surface area contributed by atoms with Crippen molar-refractivity contribution in [1.82, 2.24) is 0 Å².